The van der Waals surface area contributed by atoms with E-state index in [-0.39, 0.29) is 39.7 Å². The molecule has 1 aliphatic rings. The van der Waals surface area contributed by atoms with Crippen LogP contribution in [0.5, 0.6) is 0 Å². The summed E-state index contributed by atoms with van der Waals surface area (Å²) in [6.07, 6.45) is 0.0784. The van der Waals surface area contributed by atoms with Gasteiger partial charge in [0.15, 0.2) is 6.61 Å². The molecule has 3 aromatic rings. The van der Waals surface area contributed by atoms with E-state index in [1.54, 1.807) is 26.0 Å². The third-order valence-corrected chi connectivity index (χ3v) is 7.09. The summed E-state index contributed by atoms with van der Waals surface area (Å²) in [4.78, 5) is 56.2. The van der Waals surface area contributed by atoms with Crippen molar-refractivity contribution in [2.45, 2.75) is 31.2 Å². The van der Waals surface area contributed by atoms with Gasteiger partial charge in [0.2, 0.25) is 10.0 Å². The fourth-order valence-electron chi connectivity index (χ4n) is 4.43. The van der Waals surface area contributed by atoms with Gasteiger partial charge in [0.25, 0.3) is 17.7 Å². The van der Waals surface area contributed by atoms with Crippen molar-refractivity contribution in [3.63, 3.8) is 0 Å². The number of amides is 3. The normalized spacial score (nSPS) is 13.7. The first kappa shape index (κ1) is 28.2. The van der Waals surface area contributed by atoms with Crippen LogP contribution in [-0.2, 0) is 24.3 Å². The zero-order valence-electron chi connectivity index (χ0n) is 21.4. The van der Waals surface area contributed by atoms with E-state index >= 15 is 0 Å². The molecule has 0 aliphatic carbocycles. The lowest BCUT2D eigenvalue weighted by atomic mass is 9.91. The van der Waals surface area contributed by atoms with Crippen LogP contribution in [-0.4, -0.2) is 49.7 Å². The second kappa shape index (κ2) is 11.1. The maximum absolute atomic E-state index is 13.6. The van der Waals surface area contributed by atoms with Crippen LogP contribution in [0.1, 0.15) is 41.0 Å². The van der Waals surface area contributed by atoms with Crippen LogP contribution in [0.4, 0.5) is 11.4 Å². The molecule has 0 fully saturated rings. The Morgan fingerprint density at radius 2 is 1.70 bits per heavy atom. The molecule has 206 valence electrons. The Bertz CT molecular complexity index is 1670. The van der Waals surface area contributed by atoms with E-state index in [0.29, 0.717) is 10.8 Å². The number of ether oxygens (including phenoxy) is 1. The summed E-state index contributed by atoms with van der Waals surface area (Å²) in [5, 5.41) is 11.9. The molecule has 40 heavy (non-hydrogen) atoms. The van der Waals surface area contributed by atoms with E-state index in [9.17, 15) is 27.6 Å². The number of nitrogens with two attached hydrogens (primary N) is 1. The van der Waals surface area contributed by atoms with Crippen molar-refractivity contribution in [2.75, 3.05) is 11.9 Å². The van der Waals surface area contributed by atoms with Crippen LogP contribution in [0.25, 0.3) is 21.2 Å². The Balaban J connectivity index is 1.55. The van der Waals surface area contributed by atoms with E-state index in [1.165, 1.54) is 42.5 Å². The maximum Gasteiger partial charge on any atom is 0.329 e. The number of esters is 1. The van der Waals surface area contributed by atoms with Gasteiger partial charge in [-0.2, -0.15) is 0 Å². The zero-order chi connectivity index (χ0) is 29.2. The molecule has 0 spiro atoms. The van der Waals surface area contributed by atoms with Crippen molar-refractivity contribution in [1.29, 1.82) is 0 Å². The minimum absolute atomic E-state index is 0.0784. The molecular weight excluding hydrogens is 540 g/mol. The van der Waals surface area contributed by atoms with Gasteiger partial charge < -0.3 is 10.1 Å². The number of carbonyl (C=O) groups is 4. The van der Waals surface area contributed by atoms with Gasteiger partial charge in [0, 0.05) is 32.8 Å². The number of anilines is 1. The number of azide groups is 1. The van der Waals surface area contributed by atoms with Crippen molar-refractivity contribution >= 4 is 55.9 Å². The lowest BCUT2D eigenvalue weighted by Crippen LogP contribution is -2.51. The van der Waals surface area contributed by atoms with E-state index in [2.05, 4.69) is 15.3 Å². The molecule has 3 aromatic carbocycles. The predicted octanol–water partition coefficient (Wildman–Crippen LogP) is 3.62. The Morgan fingerprint density at radius 1 is 1.05 bits per heavy atom. The molecule has 0 radical (unpaired) electrons. The molecule has 13 nitrogen and oxygen atoms in total. The summed E-state index contributed by atoms with van der Waals surface area (Å²) >= 11 is 0. The molecule has 14 heteroatoms. The molecule has 1 aliphatic heterocycles. The molecule has 3 N–H and O–H groups in total. The number of imide groups is 1. The number of rotatable bonds is 9. The third kappa shape index (κ3) is 5.64. The second-order valence-corrected chi connectivity index (χ2v) is 11.0. The highest BCUT2D eigenvalue weighted by Gasteiger charge is 2.41. The first-order chi connectivity index (χ1) is 18.9. The topological polar surface area (TPSA) is 202 Å². The van der Waals surface area contributed by atoms with E-state index < -0.39 is 46.4 Å². The lowest BCUT2D eigenvalue weighted by Gasteiger charge is -2.33. The second-order valence-electron chi connectivity index (χ2n) is 9.40. The molecule has 0 unspecified atom stereocenters. The molecule has 0 aromatic heterocycles. The van der Waals surface area contributed by atoms with Crippen molar-refractivity contribution in [3.05, 3.63) is 76.2 Å². The summed E-state index contributed by atoms with van der Waals surface area (Å²) in [5.41, 5.74) is 9.67. The average Bonchev–Trinajstić information content (AvgIpc) is 2.90. The lowest BCUT2D eigenvalue weighted by molar-refractivity contribution is -0.151. The number of primary sulfonamides is 1. The summed E-state index contributed by atoms with van der Waals surface area (Å²) in [6, 6.07) is 11.3. The quantitative estimate of drug-likeness (QED) is 0.130. The summed E-state index contributed by atoms with van der Waals surface area (Å²) in [5.74, 6) is -3.24. The fraction of sp³-hybridized carbons (Fsp3) is 0.231. The van der Waals surface area contributed by atoms with Gasteiger partial charge in [0.1, 0.15) is 6.04 Å². The smallest absolute Gasteiger partial charge is 0.329 e. The average molecular weight is 565 g/mol. The molecule has 1 atom stereocenters. The first-order valence-electron chi connectivity index (χ1n) is 12.0. The fourth-order valence-corrected chi connectivity index (χ4v) is 4.94. The van der Waals surface area contributed by atoms with Gasteiger partial charge in [-0.1, -0.05) is 37.2 Å². The van der Waals surface area contributed by atoms with Gasteiger partial charge in [-0.05, 0) is 59.7 Å². The monoisotopic (exact) mass is 564 g/mol. The van der Waals surface area contributed by atoms with Crippen LogP contribution in [0, 0.1) is 5.92 Å². The Hall–Kier alpha value is -4.78. The highest BCUT2D eigenvalue weighted by Crippen LogP contribution is 2.37. The number of hydrogen-bond acceptors (Lipinski definition) is 8. The SMILES string of the molecule is CC(C)C[C@@H](C(=O)OCC(=O)Nc1ccc(S(N)(=O)=O)cc1)N1C(=O)c2cccc3c(N=[N+]=[N-])ccc(c23)C1=O. The minimum Gasteiger partial charge on any atom is -0.454 e. The molecule has 3 amide bonds. The van der Waals surface area contributed by atoms with Crippen molar-refractivity contribution in [3.8, 4) is 0 Å². The number of sulfonamides is 1. The van der Waals surface area contributed by atoms with Gasteiger partial charge in [-0.25, -0.2) is 18.4 Å². The standard InChI is InChI=1S/C26H24N6O7S/c1-14(2)12-21(26(36)39-13-22(33)29-15-6-8-16(9-7-15)40(28,37)38)32-24(34)18-5-3-4-17-20(30-31-27)11-10-19(23(17)18)25(32)35/h3-11,14,21H,12-13H2,1-2H3,(H,29,33)(H2,28,37,38)/t21-/m0/s1. The largest absolute Gasteiger partial charge is 0.454 e. The van der Waals surface area contributed by atoms with Gasteiger partial charge in [0.05, 0.1) is 4.90 Å². The van der Waals surface area contributed by atoms with Crippen LogP contribution in [0.15, 0.2) is 64.6 Å². The van der Waals surface area contributed by atoms with E-state index in [4.69, 9.17) is 15.4 Å². The number of nitrogens with zero attached hydrogens (tertiary/aromatic N) is 4. The van der Waals surface area contributed by atoms with Crippen molar-refractivity contribution in [1.82, 2.24) is 4.90 Å². The summed E-state index contributed by atoms with van der Waals surface area (Å²) in [7, 11) is -3.91. The van der Waals surface area contributed by atoms with E-state index in [0.717, 1.165) is 4.90 Å². The van der Waals surface area contributed by atoms with Crippen LogP contribution in [0.3, 0.4) is 0 Å². The van der Waals surface area contributed by atoms with Gasteiger partial charge in [-0.15, -0.1) is 0 Å². The highest BCUT2D eigenvalue weighted by atomic mass is 32.2. The van der Waals surface area contributed by atoms with Crippen LogP contribution >= 0.6 is 0 Å². The number of benzene rings is 3. The zero-order valence-corrected chi connectivity index (χ0v) is 22.2. The molecule has 0 saturated carbocycles. The number of hydrogen-bond donors (Lipinski definition) is 2. The first-order valence-corrected chi connectivity index (χ1v) is 13.5. The van der Waals surface area contributed by atoms with Gasteiger partial charge in [-0.3, -0.25) is 19.3 Å². The highest BCUT2D eigenvalue weighted by molar-refractivity contribution is 7.89. The van der Waals surface area contributed by atoms with Crippen LogP contribution < -0.4 is 10.5 Å². The predicted molar refractivity (Wildman–Crippen MR) is 144 cm³/mol. The van der Waals surface area contributed by atoms with Crippen molar-refractivity contribution < 1.29 is 32.3 Å². The molecule has 1 heterocycles. The summed E-state index contributed by atoms with van der Waals surface area (Å²) < 4.78 is 28.0. The maximum atomic E-state index is 13.6. The Labute approximate surface area is 228 Å². The molecule has 0 saturated heterocycles. The van der Waals surface area contributed by atoms with Gasteiger partial charge >= 0.3 is 5.97 Å². The molecule has 4 rings (SSSR count). The number of carbonyl (C=O) groups excluding carboxylic acids is 4. The minimum atomic E-state index is -3.91. The summed E-state index contributed by atoms with van der Waals surface area (Å²) in [6.45, 7) is 2.89. The molecular formula is C26H24N6O7S. The Morgan fingerprint density at radius 3 is 2.30 bits per heavy atom. The van der Waals surface area contributed by atoms with E-state index in [1.807, 2.05) is 0 Å². The van der Waals surface area contributed by atoms with Crippen molar-refractivity contribution in [2.24, 2.45) is 16.2 Å². The Kier molecular flexibility index (Phi) is 7.86. The molecule has 0 bridgehead atoms. The number of nitrogens with one attached hydrogen (secondary N) is 1. The third-order valence-electron chi connectivity index (χ3n) is 6.16. The van der Waals surface area contributed by atoms with Crippen LogP contribution in [0.2, 0.25) is 0 Å².